The molecule has 1 heterocycles. The summed E-state index contributed by atoms with van der Waals surface area (Å²) < 4.78 is 15.2. The zero-order valence-corrected chi connectivity index (χ0v) is 12.0. The van der Waals surface area contributed by atoms with Gasteiger partial charge in [0, 0.05) is 23.0 Å². The van der Waals surface area contributed by atoms with E-state index in [4.69, 9.17) is 0 Å². The molecular formula is C15H21FN2O. The SMILES string of the molecule is C=C(C)n1c(F)cc(C(=O)NC(C)(C)C2CC2)c1C. The molecule has 0 spiro atoms. The Balaban J connectivity index is 2.25. The molecule has 1 fully saturated rings. The summed E-state index contributed by atoms with van der Waals surface area (Å²) in [4.78, 5) is 12.3. The van der Waals surface area contributed by atoms with E-state index in [1.807, 2.05) is 13.8 Å². The van der Waals surface area contributed by atoms with Gasteiger partial charge in [-0.15, -0.1) is 0 Å². The highest BCUT2D eigenvalue weighted by Crippen LogP contribution is 2.39. The Hall–Kier alpha value is -1.58. The van der Waals surface area contributed by atoms with Gasteiger partial charge in [0.1, 0.15) is 0 Å². The standard InChI is InChI=1S/C15H21FN2O/c1-9(2)18-10(3)12(8-13(18)16)14(19)17-15(4,5)11-6-7-11/h8,11H,1,6-7H2,2-5H3,(H,17,19). The summed E-state index contributed by atoms with van der Waals surface area (Å²) in [6, 6.07) is 1.28. The van der Waals surface area contributed by atoms with Gasteiger partial charge in [0.15, 0.2) is 5.95 Å². The lowest BCUT2D eigenvalue weighted by Gasteiger charge is -2.26. The van der Waals surface area contributed by atoms with Crippen LogP contribution >= 0.6 is 0 Å². The predicted octanol–water partition coefficient (Wildman–Crippen LogP) is 3.34. The molecule has 4 heteroatoms. The second-order valence-corrected chi connectivity index (χ2v) is 5.99. The van der Waals surface area contributed by atoms with Crippen LogP contribution in [0.4, 0.5) is 4.39 Å². The first-order chi connectivity index (χ1) is 8.74. The van der Waals surface area contributed by atoms with Gasteiger partial charge in [0.25, 0.3) is 5.91 Å². The first-order valence-electron chi connectivity index (χ1n) is 6.60. The van der Waals surface area contributed by atoms with Crippen molar-refractivity contribution in [2.45, 2.75) is 46.1 Å². The first kappa shape index (κ1) is 13.8. The number of allylic oxidation sites excluding steroid dienone is 1. The van der Waals surface area contributed by atoms with Crippen molar-refractivity contribution in [1.82, 2.24) is 9.88 Å². The van der Waals surface area contributed by atoms with E-state index in [-0.39, 0.29) is 11.4 Å². The van der Waals surface area contributed by atoms with Crippen molar-refractivity contribution in [3.05, 3.63) is 29.9 Å². The Morgan fingerprint density at radius 1 is 1.53 bits per heavy atom. The van der Waals surface area contributed by atoms with Gasteiger partial charge in [-0.2, -0.15) is 4.39 Å². The Bertz CT molecular complexity index is 539. The maximum Gasteiger partial charge on any atom is 0.253 e. The molecule has 104 valence electrons. The lowest BCUT2D eigenvalue weighted by Crippen LogP contribution is -2.45. The van der Waals surface area contributed by atoms with Gasteiger partial charge < -0.3 is 5.32 Å². The Labute approximate surface area is 113 Å². The monoisotopic (exact) mass is 264 g/mol. The highest BCUT2D eigenvalue weighted by Gasteiger charge is 2.39. The van der Waals surface area contributed by atoms with Crippen LogP contribution in [0.1, 0.15) is 49.7 Å². The lowest BCUT2D eigenvalue weighted by molar-refractivity contribution is 0.0902. The smallest absolute Gasteiger partial charge is 0.253 e. The van der Waals surface area contributed by atoms with Gasteiger partial charge in [-0.1, -0.05) is 6.58 Å². The van der Waals surface area contributed by atoms with Gasteiger partial charge in [-0.25, -0.2) is 0 Å². The molecule has 19 heavy (non-hydrogen) atoms. The van der Waals surface area contributed by atoms with E-state index >= 15 is 0 Å². The fourth-order valence-corrected chi connectivity index (χ4v) is 2.53. The number of carbonyl (C=O) groups is 1. The van der Waals surface area contributed by atoms with E-state index < -0.39 is 5.95 Å². The summed E-state index contributed by atoms with van der Waals surface area (Å²) in [6.07, 6.45) is 2.29. The average Bonchev–Trinajstić information content (AvgIpc) is 3.04. The third-order valence-corrected chi connectivity index (χ3v) is 3.86. The molecule has 0 atom stereocenters. The van der Waals surface area contributed by atoms with Crippen LogP contribution in [-0.4, -0.2) is 16.0 Å². The number of aromatic nitrogens is 1. The van der Waals surface area contributed by atoms with Gasteiger partial charge in [-0.05, 0) is 46.5 Å². The number of rotatable bonds is 4. The fraction of sp³-hybridized carbons (Fsp3) is 0.533. The predicted molar refractivity (Wildman–Crippen MR) is 74.4 cm³/mol. The second-order valence-electron chi connectivity index (χ2n) is 5.99. The Morgan fingerprint density at radius 3 is 2.53 bits per heavy atom. The molecular weight excluding hydrogens is 243 g/mol. The Morgan fingerprint density at radius 2 is 2.11 bits per heavy atom. The minimum Gasteiger partial charge on any atom is -0.347 e. The van der Waals surface area contributed by atoms with Crippen molar-refractivity contribution >= 4 is 11.6 Å². The van der Waals surface area contributed by atoms with Crippen LogP contribution in [0.5, 0.6) is 0 Å². The number of hydrogen-bond donors (Lipinski definition) is 1. The zero-order valence-electron chi connectivity index (χ0n) is 12.0. The molecule has 0 saturated heterocycles. The van der Waals surface area contributed by atoms with Crippen molar-refractivity contribution in [3.8, 4) is 0 Å². The third-order valence-electron chi connectivity index (χ3n) is 3.86. The molecule has 0 aromatic carbocycles. The number of halogens is 1. The van der Waals surface area contributed by atoms with E-state index in [2.05, 4.69) is 11.9 Å². The maximum absolute atomic E-state index is 13.8. The van der Waals surface area contributed by atoms with E-state index in [0.29, 0.717) is 22.9 Å². The van der Waals surface area contributed by atoms with Gasteiger partial charge in [0.2, 0.25) is 0 Å². The van der Waals surface area contributed by atoms with Gasteiger partial charge in [-0.3, -0.25) is 9.36 Å². The van der Waals surface area contributed by atoms with E-state index in [1.54, 1.807) is 13.8 Å². The van der Waals surface area contributed by atoms with E-state index in [0.717, 1.165) is 12.8 Å². The molecule has 1 amide bonds. The summed E-state index contributed by atoms with van der Waals surface area (Å²) in [5, 5.41) is 3.01. The quantitative estimate of drug-likeness (QED) is 0.889. The largest absolute Gasteiger partial charge is 0.347 e. The summed E-state index contributed by atoms with van der Waals surface area (Å²) >= 11 is 0. The number of hydrogen-bond acceptors (Lipinski definition) is 1. The molecule has 2 rings (SSSR count). The van der Waals surface area contributed by atoms with Crippen LogP contribution in [0.25, 0.3) is 5.70 Å². The van der Waals surface area contributed by atoms with Gasteiger partial charge in [0.05, 0.1) is 5.56 Å². The first-order valence-corrected chi connectivity index (χ1v) is 6.60. The molecule has 1 saturated carbocycles. The molecule has 1 N–H and O–H groups in total. The van der Waals surface area contributed by atoms with Gasteiger partial charge >= 0.3 is 0 Å². The van der Waals surface area contributed by atoms with E-state index in [1.165, 1.54) is 10.6 Å². The maximum atomic E-state index is 13.8. The number of amides is 1. The summed E-state index contributed by atoms with van der Waals surface area (Å²) in [6.45, 7) is 11.2. The minimum absolute atomic E-state index is 0.215. The fourth-order valence-electron chi connectivity index (χ4n) is 2.53. The van der Waals surface area contributed by atoms with Crippen LogP contribution in [0.2, 0.25) is 0 Å². The van der Waals surface area contributed by atoms with Crippen molar-refractivity contribution in [2.75, 3.05) is 0 Å². The minimum atomic E-state index is -0.445. The summed E-state index contributed by atoms with van der Waals surface area (Å²) in [5.74, 6) is -0.127. The third kappa shape index (κ3) is 2.57. The van der Waals surface area contributed by atoms with Crippen LogP contribution in [0, 0.1) is 18.8 Å². The molecule has 1 aliphatic rings. The normalized spacial score (nSPS) is 15.4. The molecule has 0 unspecified atom stereocenters. The van der Waals surface area contributed by atoms with Crippen LogP contribution in [0.3, 0.4) is 0 Å². The average molecular weight is 264 g/mol. The molecule has 0 radical (unpaired) electrons. The number of carbonyl (C=O) groups excluding carboxylic acids is 1. The molecule has 3 nitrogen and oxygen atoms in total. The second kappa shape index (κ2) is 4.51. The highest BCUT2D eigenvalue weighted by molar-refractivity contribution is 5.96. The van der Waals surface area contributed by atoms with Crippen molar-refractivity contribution in [1.29, 1.82) is 0 Å². The lowest BCUT2D eigenvalue weighted by atomic mass is 9.98. The molecule has 1 aromatic heterocycles. The number of nitrogens with one attached hydrogen (secondary N) is 1. The summed E-state index contributed by atoms with van der Waals surface area (Å²) in [5.41, 5.74) is 1.31. The molecule has 0 bridgehead atoms. The van der Waals surface area contributed by atoms with E-state index in [9.17, 15) is 9.18 Å². The summed E-state index contributed by atoms with van der Waals surface area (Å²) in [7, 11) is 0. The topological polar surface area (TPSA) is 34.0 Å². The number of nitrogens with zero attached hydrogens (tertiary/aromatic N) is 1. The van der Waals surface area contributed by atoms with Crippen LogP contribution < -0.4 is 5.32 Å². The van der Waals surface area contributed by atoms with Crippen LogP contribution in [0.15, 0.2) is 12.6 Å². The molecule has 1 aliphatic carbocycles. The molecule has 0 aliphatic heterocycles. The Kier molecular flexibility index (Phi) is 3.29. The highest BCUT2D eigenvalue weighted by atomic mass is 19.1. The van der Waals surface area contributed by atoms with Crippen molar-refractivity contribution in [2.24, 2.45) is 5.92 Å². The molecule has 1 aromatic rings. The van der Waals surface area contributed by atoms with Crippen molar-refractivity contribution < 1.29 is 9.18 Å². The van der Waals surface area contributed by atoms with Crippen molar-refractivity contribution in [3.63, 3.8) is 0 Å². The zero-order chi connectivity index (χ0) is 14.4. The van der Waals surface area contributed by atoms with Crippen LogP contribution in [-0.2, 0) is 0 Å².